The van der Waals surface area contributed by atoms with Crippen molar-refractivity contribution in [1.29, 1.82) is 0 Å². The fourth-order valence-electron chi connectivity index (χ4n) is 3.43. The average Bonchev–Trinajstić information content (AvgIpc) is 2.54. The molecule has 2 atom stereocenters. The van der Waals surface area contributed by atoms with Crippen LogP contribution >= 0.6 is 0 Å². The predicted octanol–water partition coefficient (Wildman–Crippen LogP) is 2.35. The second kappa shape index (κ2) is 8.85. The maximum atomic E-state index is 12.6. The molecule has 1 aromatic rings. The minimum absolute atomic E-state index is 0.0939. The first-order valence-corrected chi connectivity index (χ1v) is 8.84. The number of carbonyl (C=O) groups excluding carboxylic acids is 2. The van der Waals surface area contributed by atoms with Gasteiger partial charge < -0.3 is 15.0 Å². The van der Waals surface area contributed by atoms with Gasteiger partial charge in [0.2, 0.25) is 11.8 Å². The fourth-order valence-corrected chi connectivity index (χ4v) is 3.43. The molecule has 0 radical (unpaired) electrons. The molecule has 1 heterocycles. The van der Waals surface area contributed by atoms with Crippen LogP contribution in [0.1, 0.15) is 33.1 Å². The van der Waals surface area contributed by atoms with Gasteiger partial charge in [0.05, 0.1) is 20.2 Å². The average molecular weight is 347 g/mol. The first-order chi connectivity index (χ1) is 11.9. The van der Waals surface area contributed by atoms with Gasteiger partial charge in [0.1, 0.15) is 5.75 Å². The topological polar surface area (TPSA) is 61.9 Å². The molecule has 1 aromatic carbocycles. The van der Waals surface area contributed by atoms with Crippen LogP contribution < -0.4 is 10.1 Å². The molecule has 25 heavy (non-hydrogen) atoms. The van der Waals surface area contributed by atoms with Crippen molar-refractivity contribution in [3.05, 3.63) is 24.3 Å². The molecule has 0 unspecified atom stereocenters. The summed E-state index contributed by atoms with van der Waals surface area (Å²) < 4.78 is 5.15. The maximum Gasteiger partial charge on any atom is 0.238 e. The van der Waals surface area contributed by atoms with Gasteiger partial charge in [-0.2, -0.15) is 0 Å². The number of ether oxygens (including phenoxy) is 1. The molecule has 0 bridgehead atoms. The van der Waals surface area contributed by atoms with E-state index in [0.717, 1.165) is 12.8 Å². The number of anilines is 1. The molecule has 6 heteroatoms. The fraction of sp³-hybridized carbons (Fsp3) is 0.579. The van der Waals surface area contributed by atoms with Gasteiger partial charge in [0.15, 0.2) is 0 Å². The molecule has 1 fully saturated rings. The molecular formula is C19H29N3O3. The second-order valence-corrected chi connectivity index (χ2v) is 6.88. The summed E-state index contributed by atoms with van der Waals surface area (Å²) in [5, 5.41) is 2.83. The summed E-state index contributed by atoms with van der Waals surface area (Å²) in [5.41, 5.74) is 0.683. The Balaban J connectivity index is 1.85. The van der Waals surface area contributed by atoms with Crippen molar-refractivity contribution in [2.45, 2.75) is 45.2 Å². The normalized spacial score (nSPS) is 20.4. The molecule has 0 spiro atoms. The van der Waals surface area contributed by atoms with E-state index in [1.165, 1.54) is 6.42 Å². The van der Waals surface area contributed by atoms with Gasteiger partial charge in [-0.25, -0.2) is 0 Å². The van der Waals surface area contributed by atoms with Crippen LogP contribution in [0.3, 0.4) is 0 Å². The standard InChI is InChI=1S/C19H29N3O3/c1-14-7-5-8-15(2)22(14)19(24)13-21(3)12-18(23)20-16-9-6-10-17(11-16)25-4/h6,9-11,14-15H,5,7-8,12-13H2,1-4H3,(H,20,23)/t14-,15-/m1/s1. The lowest BCUT2D eigenvalue weighted by molar-refractivity contribution is -0.138. The lowest BCUT2D eigenvalue weighted by atomic mass is 9.97. The Morgan fingerprint density at radius 1 is 1.24 bits per heavy atom. The van der Waals surface area contributed by atoms with E-state index in [1.54, 1.807) is 25.1 Å². The Hall–Kier alpha value is -2.08. The first-order valence-electron chi connectivity index (χ1n) is 8.84. The first kappa shape index (κ1) is 19.2. The van der Waals surface area contributed by atoms with Crippen LogP contribution in [0.15, 0.2) is 24.3 Å². The smallest absolute Gasteiger partial charge is 0.238 e. The van der Waals surface area contributed by atoms with Crippen LogP contribution in [0.4, 0.5) is 5.69 Å². The summed E-state index contributed by atoms with van der Waals surface area (Å²) in [5.74, 6) is 0.633. The largest absolute Gasteiger partial charge is 0.497 e. The highest BCUT2D eigenvalue weighted by atomic mass is 16.5. The number of methoxy groups -OCH3 is 1. The summed E-state index contributed by atoms with van der Waals surface area (Å²) in [7, 11) is 3.38. The van der Waals surface area contributed by atoms with Crippen LogP contribution in [0, 0.1) is 0 Å². The third kappa shape index (κ3) is 5.46. The van der Waals surface area contributed by atoms with E-state index in [-0.39, 0.29) is 37.0 Å². The quantitative estimate of drug-likeness (QED) is 0.858. The van der Waals surface area contributed by atoms with E-state index in [0.29, 0.717) is 11.4 Å². The maximum absolute atomic E-state index is 12.6. The van der Waals surface area contributed by atoms with Gasteiger partial charge >= 0.3 is 0 Å². The number of rotatable bonds is 6. The van der Waals surface area contributed by atoms with Crippen molar-refractivity contribution in [3.63, 3.8) is 0 Å². The van der Waals surface area contributed by atoms with Crippen LogP contribution in [0.25, 0.3) is 0 Å². The molecule has 0 saturated carbocycles. The number of amides is 2. The monoisotopic (exact) mass is 347 g/mol. The lowest BCUT2D eigenvalue weighted by Gasteiger charge is -2.39. The predicted molar refractivity (Wildman–Crippen MR) is 98.7 cm³/mol. The molecule has 1 aliphatic rings. The van der Waals surface area contributed by atoms with Crippen molar-refractivity contribution >= 4 is 17.5 Å². The highest BCUT2D eigenvalue weighted by molar-refractivity contribution is 5.92. The van der Waals surface area contributed by atoms with Crippen LogP contribution in [0.2, 0.25) is 0 Å². The number of piperidine rings is 1. The third-order valence-electron chi connectivity index (χ3n) is 4.65. The minimum atomic E-state index is -0.150. The zero-order valence-electron chi connectivity index (χ0n) is 15.6. The van der Waals surface area contributed by atoms with Crippen molar-refractivity contribution in [1.82, 2.24) is 9.80 Å². The van der Waals surface area contributed by atoms with Crippen LogP contribution in [0.5, 0.6) is 5.75 Å². The van der Waals surface area contributed by atoms with E-state index in [4.69, 9.17) is 4.74 Å². The number of nitrogens with one attached hydrogen (secondary N) is 1. The zero-order valence-corrected chi connectivity index (χ0v) is 15.6. The Kier molecular flexibility index (Phi) is 6.82. The Labute approximate surface area is 150 Å². The molecule has 1 saturated heterocycles. The number of hydrogen-bond donors (Lipinski definition) is 1. The lowest BCUT2D eigenvalue weighted by Crippen LogP contribution is -2.51. The molecule has 0 aromatic heterocycles. The summed E-state index contributed by atoms with van der Waals surface area (Å²) in [6, 6.07) is 7.76. The van der Waals surface area contributed by atoms with Gasteiger partial charge in [-0.15, -0.1) is 0 Å². The molecule has 1 aliphatic heterocycles. The van der Waals surface area contributed by atoms with Crippen LogP contribution in [-0.2, 0) is 9.59 Å². The Morgan fingerprint density at radius 2 is 1.92 bits per heavy atom. The number of nitrogens with zero attached hydrogens (tertiary/aromatic N) is 2. The second-order valence-electron chi connectivity index (χ2n) is 6.88. The molecule has 1 N–H and O–H groups in total. The van der Waals surface area contributed by atoms with Gasteiger partial charge in [-0.1, -0.05) is 6.07 Å². The van der Waals surface area contributed by atoms with Crippen molar-refractivity contribution in [3.8, 4) is 5.75 Å². The third-order valence-corrected chi connectivity index (χ3v) is 4.65. The number of benzene rings is 1. The highest BCUT2D eigenvalue weighted by Crippen LogP contribution is 2.22. The molecular weight excluding hydrogens is 318 g/mol. The Bertz CT molecular complexity index is 595. The Morgan fingerprint density at radius 3 is 2.56 bits per heavy atom. The summed E-state index contributed by atoms with van der Waals surface area (Å²) in [6.07, 6.45) is 3.27. The molecule has 138 valence electrons. The number of likely N-dealkylation sites (N-methyl/N-ethyl adjacent to an activating group) is 1. The van der Waals surface area contributed by atoms with Crippen molar-refractivity contribution in [2.75, 3.05) is 32.6 Å². The van der Waals surface area contributed by atoms with Crippen molar-refractivity contribution in [2.24, 2.45) is 0 Å². The van der Waals surface area contributed by atoms with Crippen LogP contribution in [-0.4, -0.2) is 60.9 Å². The van der Waals surface area contributed by atoms with Gasteiger partial charge in [0.25, 0.3) is 0 Å². The van der Waals surface area contributed by atoms with E-state index in [9.17, 15) is 9.59 Å². The molecule has 2 rings (SSSR count). The SMILES string of the molecule is COc1cccc(NC(=O)CN(C)CC(=O)N2[C@H](C)CCC[C@H]2C)c1. The molecule has 2 amide bonds. The van der Waals surface area contributed by atoms with Gasteiger partial charge in [0, 0.05) is 23.8 Å². The summed E-state index contributed by atoms with van der Waals surface area (Å²) in [4.78, 5) is 28.5. The van der Waals surface area contributed by atoms with Gasteiger partial charge in [-0.05, 0) is 52.3 Å². The van der Waals surface area contributed by atoms with Crippen molar-refractivity contribution < 1.29 is 14.3 Å². The van der Waals surface area contributed by atoms with E-state index < -0.39 is 0 Å². The van der Waals surface area contributed by atoms with E-state index in [2.05, 4.69) is 19.2 Å². The summed E-state index contributed by atoms with van der Waals surface area (Å²) in [6.45, 7) is 4.62. The number of carbonyl (C=O) groups is 2. The molecule has 0 aliphatic carbocycles. The zero-order chi connectivity index (χ0) is 18.4. The minimum Gasteiger partial charge on any atom is -0.497 e. The molecule has 6 nitrogen and oxygen atoms in total. The van der Waals surface area contributed by atoms with E-state index in [1.807, 2.05) is 23.1 Å². The summed E-state index contributed by atoms with van der Waals surface area (Å²) >= 11 is 0. The number of hydrogen-bond acceptors (Lipinski definition) is 4. The van der Waals surface area contributed by atoms with Gasteiger partial charge in [-0.3, -0.25) is 14.5 Å². The number of likely N-dealkylation sites (tertiary alicyclic amines) is 1. The highest BCUT2D eigenvalue weighted by Gasteiger charge is 2.29. The van der Waals surface area contributed by atoms with E-state index >= 15 is 0 Å².